The standard InChI is InChI=1S/C15H28O3/c1-2-15(17)9-7-14(8-10-15)18-11-12-3-5-13(16)6-4-12/h12-14,16-17H,2-11H2,1H3. The fraction of sp³-hybridized carbons (Fsp3) is 1.00. The van der Waals surface area contributed by atoms with Crippen molar-refractivity contribution in [2.75, 3.05) is 6.61 Å². The SMILES string of the molecule is CCC1(O)CCC(OCC2CCC(O)CC2)CC1. The maximum atomic E-state index is 10.2. The summed E-state index contributed by atoms with van der Waals surface area (Å²) in [4.78, 5) is 0. The summed E-state index contributed by atoms with van der Waals surface area (Å²) in [6.45, 7) is 2.91. The van der Waals surface area contributed by atoms with Gasteiger partial charge in [-0.15, -0.1) is 0 Å². The monoisotopic (exact) mass is 256 g/mol. The van der Waals surface area contributed by atoms with Crippen LogP contribution >= 0.6 is 0 Å². The summed E-state index contributed by atoms with van der Waals surface area (Å²) in [5, 5.41) is 19.6. The number of aliphatic hydroxyl groups is 2. The Balaban J connectivity index is 1.63. The van der Waals surface area contributed by atoms with Gasteiger partial charge in [0.15, 0.2) is 0 Å². The molecule has 0 atom stereocenters. The van der Waals surface area contributed by atoms with Gasteiger partial charge in [0.25, 0.3) is 0 Å². The molecule has 0 saturated heterocycles. The predicted octanol–water partition coefficient (Wildman–Crippen LogP) is 2.64. The zero-order chi connectivity index (χ0) is 13.0. The topological polar surface area (TPSA) is 49.7 Å². The van der Waals surface area contributed by atoms with Crippen LogP contribution in [0.5, 0.6) is 0 Å². The van der Waals surface area contributed by atoms with Crippen molar-refractivity contribution in [2.45, 2.75) is 82.5 Å². The van der Waals surface area contributed by atoms with Crippen molar-refractivity contribution in [2.24, 2.45) is 5.92 Å². The van der Waals surface area contributed by atoms with Gasteiger partial charge in [0.05, 0.1) is 17.8 Å². The molecule has 106 valence electrons. The molecule has 2 aliphatic rings. The number of hydrogen-bond acceptors (Lipinski definition) is 3. The third-order valence-electron chi connectivity index (χ3n) is 4.91. The summed E-state index contributed by atoms with van der Waals surface area (Å²) in [5.41, 5.74) is -0.422. The molecule has 0 aromatic rings. The highest BCUT2D eigenvalue weighted by Crippen LogP contribution is 2.33. The fourth-order valence-electron chi connectivity index (χ4n) is 3.23. The Bertz CT molecular complexity index is 238. The van der Waals surface area contributed by atoms with E-state index in [0.717, 1.165) is 64.4 Å². The van der Waals surface area contributed by atoms with Gasteiger partial charge in [-0.1, -0.05) is 6.92 Å². The lowest BCUT2D eigenvalue weighted by Crippen LogP contribution is -2.36. The van der Waals surface area contributed by atoms with E-state index in [2.05, 4.69) is 6.92 Å². The van der Waals surface area contributed by atoms with E-state index in [9.17, 15) is 10.2 Å². The summed E-state index contributed by atoms with van der Waals surface area (Å²) in [7, 11) is 0. The highest BCUT2D eigenvalue weighted by atomic mass is 16.5. The molecule has 2 saturated carbocycles. The molecule has 18 heavy (non-hydrogen) atoms. The lowest BCUT2D eigenvalue weighted by atomic mass is 9.81. The van der Waals surface area contributed by atoms with Crippen LogP contribution in [0.1, 0.15) is 64.7 Å². The van der Waals surface area contributed by atoms with Crippen molar-refractivity contribution in [3.05, 3.63) is 0 Å². The minimum absolute atomic E-state index is 0.0736. The summed E-state index contributed by atoms with van der Waals surface area (Å²) in [6.07, 6.45) is 9.00. The lowest BCUT2D eigenvalue weighted by Gasteiger charge is -2.36. The second-order valence-electron chi connectivity index (χ2n) is 6.29. The van der Waals surface area contributed by atoms with E-state index < -0.39 is 5.60 Å². The zero-order valence-corrected chi connectivity index (χ0v) is 11.6. The molecule has 3 heteroatoms. The van der Waals surface area contributed by atoms with Crippen molar-refractivity contribution in [1.82, 2.24) is 0 Å². The van der Waals surface area contributed by atoms with Crippen LogP contribution in [0.15, 0.2) is 0 Å². The fourth-order valence-corrected chi connectivity index (χ4v) is 3.23. The Morgan fingerprint density at radius 3 is 2.22 bits per heavy atom. The van der Waals surface area contributed by atoms with E-state index in [4.69, 9.17) is 4.74 Å². The van der Waals surface area contributed by atoms with Crippen molar-refractivity contribution in [1.29, 1.82) is 0 Å². The predicted molar refractivity (Wildman–Crippen MR) is 71.4 cm³/mol. The van der Waals surface area contributed by atoms with E-state index in [1.807, 2.05) is 0 Å². The van der Waals surface area contributed by atoms with Crippen LogP contribution in [0.3, 0.4) is 0 Å². The molecule has 0 bridgehead atoms. The van der Waals surface area contributed by atoms with E-state index in [-0.39, 0.29) is 6.10 Å². The maximum absolute atomic E-state index is 10.2. The largest absolute Gasteiger partial charge is 0.393 e. The molecule has 0 heterocycles. The van der Waals surface area contributed by atoms with Gasteiger partial charge < -0.3 is 14.9 Å². The van der Waals surface area contributed by atoms with Crippen LogP contribution in [-0.4, -0.2) is 34.6 Å². The molecule has 0 aliphatic heterocycles. The molecule has 0 aromatic heterocycles. The van der Waals surface area contributed by atoms with Crippen molar-refractivity contribution in [3.8, 4) is 0 Å². The first-order valence-electron chi connectivity index (χ1n) is 7.63. The summed E-state index contributed by atoms with van der Waals surface area (Å²) >= 11 is 0. The van der Waals surface area contributed by atoms with E-state index in [1.54, 1.807) is 0 Å². The minimum atomic E-state index is -0.422. The third kappa shape index (κ3) is 3.94. The average molecular weight is 256 g/mol. The minimum Gasteiger partial charge on any atom is -0.393 e. The first-order chi connectivity index (χ1) is 8.61. The number of rotatable bonds is 4. The Morgan fingerprint density at radius 1 is 1.06 bits per heavy atom. The molecule has 2 aliphatic carbocycles. The van der Waals surface area contributed by atoms with Gasteiger partial charge in [-0.25, -0.2) is 0 Å². The number of ether oxygens (including phenoxy) is 1. The van der Waals surface area contributed by atoms with Crippen LogP contribution in [0.2, 0.25) is 0 Å². The normalized spacial score (nSPS) is 41.8. The quantitative estimate of drug-likeness (QED) is 0.813. The Hall–Kier alpha value is -0.120. The van der Waals surface area contributed by atoms with Crippen molar-refractivity contribution < 1.29 is 14.9 Å². The van der Waals surface area contributed by atoms with Crippen LogP contribution in [0, 0.1) is 5.92 Å². The first-order valence-corrected chi connectivity index (χ1v) is 7.63. The van der Waals surface area contributed by atoms with Gasteiger partial charge in [0.1, 0.15) is 0 Å². The average Bonchev–Trinajstić information content (AvgIpc) is 2.40. The smallest absolute Gasteiger partial charge is 0.0647 e. The zero-order valence-electron chi connectivity index (χ0n) is 11.6. The van der Waals surface area contributed by atoms with E-state index >= 15 is 0 Å². The molecular weight excluding hydrogens is 228 g/mol. The van der Waals surface area contributed by atoms with Gasteiger partial charge in [-0.2, -0.15) is 0 Å². The molecular formula is C15H28O3. The molecule has 3 nitrogen and oxygen atoms in total. The highest BCUT2D eigenvalue weighted by Gasteiger charge is 2.32. The van der Waals surface area contributed by atoms with Gasteiger partial charge in [0.2, 0.25) is 0 Å². The van der Waals surface area contributed by atoms with Crippen molar-refractivity contribution in [3.63, 3.8) is 0 Å². The maximum Gasteiger partial charge on any atom is 0.0647 e. The Kier molecular flexibility index (Phi) is 5.05. The number of aliphatic hydroxyl groups excluding tert-OH is 1. The Labute approximate surface area is 111 Å². The highest BCUT2D eigenvalue weighted by molar-refractivity contribution is 4.85. The molecule has 0 radical (unpaired) electrons. The number of hydrogen-bond donors (Lipinski definition) is 2. The Morgan fingerprint density at radius 2 is 1.67 bits per heavy atom. The second kappa shape index (κ2) is 6.36. The molecule has 2 fully saturated rings. The second-order valence-corrected chi connectivity index (χ2v) is 6.29. The molecule has 2 N–H and O–H groups in total. The van der Waals surface area contributed by atoms with Crippen LogP contribution in [-0.2, 0) is 4.74 Å². The van der Waals surface area contributed by atoms with E-state index in [1.165, 1.54) is 0 Å². The molecule has 2 rings (SSSR count). The third-order valence-corrected chi connectivity index (χ3v) is 4.91. The summed E-state index contributed by atoms with van der Waals surface area (Å²) in [5.74, 6) is 0.639. The first kappa shape index (κ1) is 14.3. The van der Waals surface area contributed by atoms with Gasteiger partial charge in [-0.05, 0) is 63.7 Å². The summed E-state index contributed by atoms with van der Waals surface area (Å²) in [6, 6.07) is 0. The lowest BCUT2D eigenvalue weighted by molar-refractivity contribution is -0.0677. The van der Waals surface area contributed by atoms with Crippen LogP contribution in [0.4, 0.5) is 0 Å². The van der Waals surface area contributed by atoms with Crippen molar-refractivity contribution >= 4 is 0 Å². The van der Waals surface area contributed by atoms with Crippen LogP contribution < -0.4 is 0 Å². The van der Waals surface area contributed by atoms with Crippen LogP contribution in [0.25, 0.3) is 0 Å². The molecule has 0 aromatic carbocycles. The van der Waals surface area contributed by atoms with Gasteiger partial charge >= 0.3 is 0 Å². The molecule has 0 spiro atoms. The van der Waals surface area contributed by atoms with Gasteiger partial charge in [-0.3, -0.25) is 0 Å². The molecule has 0 amide bonds. The summed E-state index contributed by atoms with van der Waals surface area (Å²) < 4.78 is 6.00. The molecule has 0 unspecified atom stereocenters. The van der Waals surface area contributed by atoms with Gasteiger partial charge in [0, 0.05) is 6.61 Å². The van der Waals surface area contributed by atoms with E-state index in [0.29, 0.717) is 12.0 Å².